The Bertz CT molecular complexity index is 320. The molecule has 1 aliphatic rings. The van der Waals surface area contributed by atoms with Crippen molar-refractivity contribution in [3.8, 4) is 0 Å². The Morgan fingerprint density at radius 1 is 1.06 bits per heavy atom. The molecule has 0 spiro atoms. The van der Waals surface area contributed by atoms with Gasteiger partial charge in [0.2, 0.25) is 0 Å². The second-order valence-corrected chi connectivity index (χ2v) is 6.17. The molecular formula is C16H24S. The van der Waals surface area contributed by atoms with E-state index in [1.807, 2.05) is 11.8 Å². The van der Waals surface area contributed by atoms with Gasteiger partial charge < -0.3 is 0 Å². The molecule has 0 bridgehead atoms. The third-order valence-electron chi connectivity index (χ3n) is 4.19. The average Bonchev–Trinajstić information content (AvgIpc) is 2.40. The third kappa shape index (κ3) is 3.51. The molecule has 1 aliphatic carbocycles. The van der Waals surface area contributed by atoms with Crippen LogP contribution in [0.1, 0.15) is 56.1 Å². The second kappa shape index (κ2) is 6.49. The topological polar surface area (TPSA) is 0 Å². The Morgan fingerprint density at radius 2 is 1.71 bits per heavy atom. The van der Waals surface area contributed by atoms with Gasteiger partial charge in [0.15, 0.2) is 0 Å². The van der Waals surface area contributed by atoms with Gasteiger partial charge in [-0.15, -0.1) is 0 Å². The van der Waals surface area contributed by atoms with Gasteiger partial charge in [0.25, 0.3) is 0 Å². The van der Waals surface area contributed by atoms with Crippen LogP contribution in [0, 0.1) is 5.92 Å². The van der Waals surface area contributed by atoms with E-state index in [0.717, 1.165) is 17.6 Å². The summed E-state index contributed by atoms with van der Waals surface area (Å²) in [4.78, 5) is 0. The van der Waals surface area contributed by atoms with Crippen molar-refractivity contribution in [2.75, 3.05) is 6.26 Å². The molecule has 0 amide bonds. The standard InChI is InChI=1S/C16H24S/c1-3-13-4-8-15(9-5-13)16-10-6-14(7-11-16)12-17-2/h6-7,10-11,13,15H,3-5,8-9,12H2,1-2H3/t13-,15-. The SMILES string of the molecule is CC[C@H]1CC[C@H](c2ccc(CSC)cc2)CC1. The molecule has 0 unspecified atom stereocenters. The molecule has 2 rings (SSSR count). The number of hydrogen-bond acceptors (Lipinski definition) is 1. The lowest BCUT2D eigenvalue weighted by atomic mass is 9.78. The first kappa shape index (κ1) is 13.0. The fraction of sp³-hybridized carbons (Fsp3) is 0.625. The zero-order valence-electron chi connectivity index (χ0n) is 11.1. The highest BCUT2D eigenvalue weighted by molar-refractivity contribution is 7.97. The quantitative estimate of drug-likeness (QED) is 0.702. The predicted octanol–water partition coefficient (Wildman–Crippen LogP) is 5.23. The molecule has 0 saturated heterocycles. The van der Waals surface area contributed by atoms with E-state index in [1.54, 1.807) is 5.56 Å². The van der Waals surface area contributed by atoms with Crippen LogP contribution in [0.4, 0.5) is 0 Å². The van der Waals surface area contributed by atoms with Crippen molar-refractivity contribution in [2.45, 2.75) is 50.7 Å². The first-order valence-electron chi connectivity index (χ1n) is 6.91. The van der Waals surface area contributed by atoms with E-state index >= 15 is 0 Å². The summed E-state index contributed by atoms with van der Waals surface area (Å²) >= 11 is 1.90. The maximum absolute atomic E-state index is 2.36. The van der Waals surface area contributed by atoms with Gasteiger partial charge in [0.1, 0.15) is 0 Å². The summed E-state index contributed by atoms with van der Waals surface area (Å²) in [6.07, 6.45) is 9.22. The predicted molar refractivity (Wildman–Crippen MR) is 78.7 cm³/mol. The lowest BCUT2D eigenvalue weighted by Gasteiger charge is -2.28. The molecule has 0 aliphatic heterocycles. The highest BCUT2D eigenvalue weighted by Crippen LogP contribution is 2.36. The lowest BCUT2D eigenvalue weighted by Crippen LogP contribution is -2.12. The maximum atomic E-state index is 2.36. The zero-order valence-corrected chi connectivity index (χ0v) is 11.9. The first-order chi connectivity index (χ1) is 8.33. The van der Waals surface area contributed by atoms with Crippen molar-refractivity contribution >= 4 is 11.8 Å². The summed E-state index contributed by atoms with van der Waals surface area (Å²) in [6.45, 7) is 2.34. The van der Waals surface area contributed by atoms with Crippen molar-refractivity contribution in [2.24, 2.45) is 5.92 Å². The largest absolute Gasteiger partial charge is 0.161 e. The minimum Gasteiger partial charge on any atom is -0.161 e. The molecule has 17 heavy (non-hydrogen) atoms. The fourth-order valence-electron chi connectivity index (χ4n) is 2.96. The van der Waals surface area contributed by atoms with E-state index in [9.17, 15) is 0 Å². The molecule has 1 saturated carbocycles. The summed E-state index contributed by atoms with van der Waals surface area (Å²) in [5, 5.41) is 0. The molecule has 0 atom stereocenters. The molecule has 1 aromatic carbocycles. The summed E-state index contributed by atoms with van der Waals surface area (Å²) in [5.74, 6) is 2.98. The summed E-state index contributed by atoms with van der Waals surface area (Å²) in [7, 11) is 0. The van der Waals surface area contributed by atoms with Gasteiger partial charge in [-0.05, 0) is 54.9 Å². The third-order valence-corrected chi connectivity index (χ3v) is 4.81. The van der Waals surface area contributed by atoms with Crippen molar-refractivity contribution in [1.29, 1.82) is 0 Å². The van der Waals surface area contributed by atoms with Crippen LogP contribution in [0.3, 0.4) is 0 Å². The molecule has 1 aromatic rings. The minimum atomic E-state index is 0.834. The molecule has 0 N–H and O–H groups in total. The summed E-state index contributed by atoms with van der Waals surface area (Å²) in [6, 6.07) is 9.36. The van der Waals surface area contributed by atoms with E-state index < -0.39 is 0 Å². The van der Waals surface area contributed by atoms with Gasteiger partial charge in [0.05, 0.1) is 0 Å². The van der Waals surface area contributed by atoms with Crippen LogP contribution in [0.15, 0.2) is 24.3 Å². The van der Waals surface area contributed by atoms with Gasteiger partial charge in [0, 0.05) is 5.75 Å². The van der Waals surface area contributed by atoms with E-state index in [1.165, 1.54) is 37.7 Å². The number of benzene rings is 1. The second-order valence-electron chi connectivity index (χ2n) is 5.30. The van der Waals surface area contributed by atoms with Gasteiger partial charge in [-0.3, -0.25) is 0 Å². The summed E-state index contributed by atoms with van der Waals surface area (Å²) < 4.78 is 0. The number of hydrogen-bond donors (Lipinski definition) is 0. The monoisotopic (exact) mass is 248 g/mol. The van der Waals surface area contributed by atoms with Crippen molar-refractivity contribution in [3.05, 3.63) is 35.4 Å². The van der Waals surface area contributed by atoms with Crippen LogP contribution in [0.25, 0.3) is 0 Å². The Morgan fingerprint density at radius 3 is 2.24 bits per heavy atom. The van der Waals surface area contributed by atoms with Crippen molar-refractivity contribution < 1.29 is 0 Å². The lowest BCUT2D eigenvalue weighted by molar-refractivity contribution is 0.319. The Kier molecular flexibility index (Phi) is 4.97. The Labute approximate surface area is 110 Å². The van der Waals surface area contributed by atoms with E-state index in [-0.39, 0.29) is 0 Å². The maximum Gasteiger partial charge on any atom is 0.0181 e. The van der Waals surface area contributed by atoms with Gasteiger partial charge >= 0.3 is 0 Å². The minimum absolute atomic E-state index is 0.834. The van der Waals surface area contributed by atoms with Gasteiger partial charge in [-0.25, -0.2) is 0 Å². The van der Waals surface area contributed by atoms with Crippen molar-refractivity contribution in [3.63, 3.8) is 0 Å². The van der Waals surface area contributed by atoms with Gasteiger partial charge in [-0.2, -0.15) is 11.8 Å². The van der Waals surface area contributed by atoms with E-state index in [2.05, 4.69) is 37.4 Å². The van der Waals surface area contributed by atoms with E-state index in [4.69, 9.17) is 0 Å². The number of thioether (sulfide) groups is 1. The van der Waals surface area contributed by atoms with Crippen LogP contribution < -0.4 is 0 Å². The zero-order chi connectivity index (χ0) is 12.1. The molecule has 0 radical (unpaired) electrons. The van der Waals surface area contributed by atoms with Gasteiger partial charge in [-0.1, -0.05) is 37.6 Å². The van der Waals surface area contributed by atoms with Crippen molar-refractivity contribution in [1.82, 2.24) is 0 Å². The van der Waals surface area contributed by atoms with Crippen LogP contribution >= 0.6 is 11.8 Å². The van der Waals surface area contributed by atoms with Crippen LogP contribution in [-0.2, 0) is 5.75 Å². The Hall–Kier alpha value is -0.430. The Balaban J connectivity index is 1.94. The highest BCUT2D eigenvalue weighted by atomic mass is 32.2. The van der Waals surface area contributed by atoms with Crippen LogP contribution in [0.2, 0.25) is 0 Å². The molecule has 1 fully saturated rings. The molecule has 94 valence electrons. The van der Waals surface area contributed by atoms with Crippen LogP contribution in [-0.4, -0.2) is 6.26 Å². The molecule has 0 nitrogen and oxygen atoms in total. The average molecular weight is 248 g/mol. The number of rotatable bonds is 4. The molecule has 1 heteroatoms. The molecular weight excluding hydrogens is 224 g/mol. The highest BCUT2D eigenvalue weighted by Gasteiger charge is 2.20. The first-order valence-corrected chi connectivity index (χ1v) is 8.30. The summed E-state index contributed by atoms with van der Waals surface area (Å²) in [5.41, 5.74) is 3.04. The normalized spacial score (nSPS) is 24.8. The fourth-order valence-corrected chi connectivity index (χ4v) is 3.48. The molecule has 0 aromatic heterocycles. The van der Waals surface area contributed by atoms with Crippen LogP contribution in [0.5, 0.6) is 0 Å². The smallest absolute Gasteiger partial charge is 0.0181 e. The van der Waals surface area contributed by atoms with E-state index in [0.29, 0.717) is 0 Å². The molecule has 0 heterocycles.